The van der Waals surface area contributed by atoms with Crippen molar-refractivity contribution in [3.8, 4) is 0 Å². The predicted octanol–water partition coefficient (Wildman–Crippen LogP) is 3.02. The second-order valence-corrected chi connectivity index (χ2v) is 5.11. The number of nitrogen functional groups attached to an aromatic ring is 1. The van der Waals surface area contributed by atoms with E-state index in [9.17, 15) is 8.78 Å². The molecule has 0 fully saturated rings. The van der Waals surface area contributed by atoms with Gasteiger partial charge in [-0.1, -0.05) is 13.8 Å². The Labute approximate surface area is 106 Å². The van der Waals surface area contributed by atoms with Gasteiger partial charge in [-0.05, 0) is 17.9 Å². The van der Waals surface area contributed by atoms with Crippen molar-refractivity contribution in [2.24, 2.45) is 5.41 Å². The molecule has 5 heteroatoms. The molecule has 0 radical (unpaired) electrons. The number of benzene rings is 1. The second kappa shape index (κ2) is 6.00. The smallest absolute Gasteiger partial charge is 0.151 e. The van der Waals surface area contributed by atoms with Crippen LogP contribution in [0.5, 0.6) is 0 Å². The molecule has 0 unspecified atom stereocenters. The second-order valence-electron chi connectivity index (χ2n) is 5.11. The van der Waals surface area contributed by atoms with Crippen molar-refractivity contribution in [3.05, 3.63) is 23.8 Å². The predicted molar refractivity (Wildman–Crippen MR) is 69.5 cm³/mol. The number of methoxy groups -OCH3 is 1. The Morgan fingerprint density at radius 1 is 1.33 bits per heavy atom. The Kier molecular flexibility index (Phi) is 4.90. The van der Waals surface area contributed by atoms with E-state index in [4.69, 9.17) is 10.5 Å². The molecule has 0 spiro atoms. The van der Waals surface area contributed by atoms with Crippen molar-refractivity contribution in [1.82, 2.24) is 0 Å². The average Bonchev–Trinajstić information content (AvgIpc) is 2.29. The molecule has 1 aromatic rings. The van der Waals surface area contributed by atoms with E-state index >= 15 is 0 Å². The summed E-state index contributed by atoms with van der Waals surface area (Å²) in [6, 6.07) is 1.97. The monoisotopic (exact) mass is 258 g/mol. The van der Waals surface area contributed by atoms with E-state index in [2.05, 4.69) is 5.32 Å². The van der Waals surface area contributed by atoms with Gasteiger partial charge in [-0.25, -0.2) is 8.78 Å². The zero-order chi connectivity index (χ0) is 13.8. The maximum atomic E-state index is 13.2. The van der Waals surface area contributed by atoms with E-state index in [0.717, 1.165) is 12.5 Å². The lowest BCUT2D eigenvalue weighted by atomic mass is 9.89. The van der Waals surface area contributed by atoms with Crippen LogP contribution >= 0.6 is 0 Å². The van der Waals surface area contributed by atoms with Gasteiger partial charge in [-0.3, -0.25) is 0 Å². The number of ether oxygens (including phenoxy) is 1. The SMILES string of the molecule is COCCC(C)(C)CNc1cc(F)cc(F)c1N. The molecule has 0 amide bonds. The standard InChI is InChI=1S/C13H20F2N2O/c1-13(2,4-5-18-3)8-17-11-7-9(14)6-10(15)12(11)16/h6-7,17H,4-5,8,16H2,1-3H3. The van der Waals surface area contributed by atoms with Crippen LogP contribution in [0.1, 0.15) is 20.3 Å². The third kappa shape index (κ3) is 4.14. The van der Waals surface area contributed by atoms with Gasteiger partial charge in [-0.15, -0.1) is 0 Å². The summed E-state index contributed by atoms with van der Waals surface area (Å²) in [5.41, 5.74) is 5.74. The van der Waals surface area contributed by atoms with Crippen LogP contribution in [-0.4, -0.2) is 20.3 Å². The first-order chi connectivity index (χ1) is 8.35. The maximum Gasteiger partial charge on any atom is 0.151 e. The van der Waals surface area contributed by atoms with Gasteiger partial charge in [0.05, 0.1) is 11.4 Å². The number of halogens is 2. The summed E-state index contributed by atoms with van der Waals surface area (Å²) in [6.45, 7) is 5.29. The Morgan fingerprint density at radius 2 is 2.00 bits per heavy atom. The molecule has 3 nitrogen and oxygen atoms in total. The topological polar surface area (TPSA) is 47.3 Å². The Balaban J connectivity index is 2.68. The first kappa shape index (κ1) is 14.7. The van der Waals surface area contributed by atoms with E-state index in [0.29, 0.717) is 13.2 Å². The van der Waals surface area contributed by atoms with E-state index in [1.165, 1.54) is 6.07 Å². The highest BCUT2D eigenvalue weighted by Gasteiger charge is 2.18. The summed E-state index contributed by atoms with van der Waals surface area (Å²) in [5, 5.41) is 2.98. The molecule has 0 atom stereocenters. The van der Waals surface area contributed by atoms with Gasteiger partial charge in [0.15, 0.2) is 5.82 Å². The third-order valence-corrected chi connectivity index (χ3v) is 2.83. The van der Waals surface area contributed by atoms with Gasteiger partial charge in [0.2, 0.25) is 0 Å². The summed E-state index contributed by atoms with van der Waals surface area (Å²) in [7, 11) is 1.64. The molecule has 1 aromatic carbocycles. The van der Waals surface area contributed by atoms with Crippen LogP contribution in [0.25, 0.3) is 0 Å². The van der Waals surface area contributed by atoms with Crippen LogP contribution in [-0.2, 0) is 4.74 Å². The Morgan fingerprint density at radius 3 is 2.61 bits per heavy atom. The highest BCUT2D eigenvalue weighted by molar-refractivity contribution is 5.66. The van der Waals surface area contributed by atoms with Crippen LogP contribution in [0, 0.1) is 17.0 Å². The zero-order valence-corrected chi connectivity index (χ0v) is 11.0. The lowest BCUT2D eigenvalue weighted by molar-refractivity contribution is 0.157. The van der Waals surface area contributed by atoms with Crippen molar-refractivity contribution in [2.75, 3.05) is 31.3 Å². The van der Waals surface area contributed by atoms with Gasteiger partial charge < -0.3 is 15.8 Å². The van der Waals surface area contributed by atoms with Gasteiger partial charge in [0.1, 0.15) is 5.82 Å². The van der Waals surface area contributed by atoms with Gasteiger partial charge >= 0.3 is 0 Å². The van der Waals surface area contributed by atoms with E-state index in [-0.39, 0.29) is 16.8 Å². The third-order valence-electron chi connectivity index (χ3n) is 2.83. The highest BCUT2D eigenvalue weighted by atomic mass is 19.1. The quantitative estimate of drug-likeness (QED) is 0.771. The molecule has 1 rings (SSSR count). The number of anilines is 2. The first-order valence-electron chi connectivity index (χ1n) is 5.83. The molecule has 0 aliphatic carbocycles. The molecule has 0 aliphatic heterocycles. The van der Waals surface area contributed by atoms with Crippen molar-refractivity contribution >= 4 is 11.4 Å². The molecule has 18 heavy (non-hydrogen) atoms. The molecule has 0 heterocycles. The molecular weight excluding hydrogens is 238 g/mol. The number of nitrogens with two attached hydrogens (primary N) is 1. The van der Waals surface area contributed by atoms with E-state index in [1.807, 2.05) is 13.8 Å². The molecule has 0 saturated heterocycles. The number of nitrogens with one attached hydrogen (secondary N) is 1. The summed E-state index contributed by atoms with van der Waals surface area (Å²) in [5.74, 6) is -1.38. The highest BCUT2D eigenvalue weighted by Crippen LogP contribution is 2.26. The van der Waals surface area contributed by atoms with Crippen LogP contribution in [0.3, 0.4) is 0 Å². The molecule has 3 N–H and O–H groups in total. The summed E-state index contributed by atoms with van der Waals surface area (Å²) < 4.78 is 31.3. The van der Waals surface area contributed by atoms with Crippen LogP contribution in [0.4, 0.5) is 20.2 Å². The number of hydrogen-bond donors (Lipinski definition) is 2. The van der Waals surface area contributed by atoms with Gasteiger partial charge in [0.25, 0.3) is 0 Å². The van der Waals surface area contributed by atoms with Crippen LogP contribution < -0.4 is 11.1 Å². The Bertz CT molecular complexity index is 408. The maximum absolute atomic E-state index is 13.2. The fraction of sp³-hybridized carbons (Fsp3) is 0.538. The average molecular weight is 258 g/mol. The van der Waals surface area contributed by atoms with Crippen molar-refractivity contribution < 1.29 is 13.5 Å². The summed E-state index contributed by atoms with van der Waals surface area (Å²) >= 11 is 0. The minimum absolute atomic E-state index is 0.0504. The molecule has 0 saturated carbocycles. The van der Waals surface area contributed by atoms with E-state index in [1.54, 1.807) is 7.11 Å². The number of hydrogen-bond acceptors (Lipinski definition) is 3. The molecular formula is C13H20F2N2O. The lowest BCUT2D eigenvalue weighted by Gasteiger charge is -2.25. The fourth-order valence-corrected chi connectivity index (χ4v) is 1.53. The van der Waals surface area contributed by atoms with Crippen molar-refractivity contribution in [2.45, 2.75) is 20.3 Å². The fourth-order valence-electron chi connectivity index (χ4n) is 1.53. The molecule has 0 bridgehead atoms. The van der Waals surface area contributed by atoms with Crippen molar-refractivity contribution in [3.63, 3.8) is 0 Å². The van der Waals surface area contributed by atoms with E-state index < -0.39 is 11.6 Å². The first-order valence-corrected chi connectivity index (χ1v) is 5.83. The normalized spacial score (nSPS) is 11.6. The van der Waals surface area contributed by atoms with Crippen molar-refractivity contribution in [1.29, 1.82) is 0 Å². The largest absolute Gasteiger partial charge is 0.395 e. The van der Waals surface area contributed by atoms with Crippen LogP contribution in [0.15, 0.2) is 12.1 Å². The minimum Gasteiger partial charge on any atom is -0.395 e. The summed E-state index contributed by atoms with van der Waals surface area (Å²) in [6.07, 6.45) is 0.841. The summed E-state index contributed by atoms with van der Waals surface area (Å²) in [4.78, 5) is 0. The minimum atomic E-state index is -0.743. The molecule has 0 aliphatic rings. The van der Waals surface area contributed by atoms with Crippen LogP contribution in [0.2, 0.25) is 0 Å². The zero-order valence-electron chi connectivity index (χ0n) is 11.0. The molecule has 0 aromatic heterocycles. The van der Waals surface area contributed by atoms with Gasteiger partial charge in [0, 0.05) is 26.3 Å². The lowest BCUT2D eigenvalue weighted by Crippen LogP contribution is -2.25. The molecule has 102 valence electrons. The Hall–Kier alpha value is -1.36. The number of rotatable bonds is 6. The van der Waals surface area contributed by atoms with Gasteiger partial charge in [-0.2, -0.15) is 0 Å².